The molecule has 1 heterocycles. The fraction of sp³-hybridized carbons (Fsp3) is 0.533. The molecule has 1 N–H and O–H groups in total. The Balaban J connectivity index is 2.84. The molecule has 0 saturated heterocycles. The largest absolute Gasteiger partial charge is 0.395 e. The molecule has 0 aromatic carbocycles. The van der Waals surface area contributed by atoms with Gasteiger partial charge in [-0.1, -0.05) is 32.6 Å². The van der Waals surface area contributed by atoms with E-state index in [9.17, 15) is 4.79 Å². The van der Waals surface area contributed by atoms with Crippen molar-refractivity contribution < 1.29 is 9.90 Å². The van der Waals surface area contributed by atoms with Gasteiger partial charge in [-0.3, -0.25) is 4.79 Å². The molecule has 1 amide bonds. The lowest BCUT2D eigenvalue weighted by Crippen LogP contribution is -2.34. The average molecular weight is 279 g/mol. The molecule has 0 saturated carbocycles. The Morgan fingerprint density at radius 1 is 1.47 bits per heavy atom. The number of carbonyl (C=O) groups excluding carboxylic acids is 1. The van der Waals surface area contributed by atoms with Gasteiger partial charge in [0.15, 0.2) is 0 Å². The molecule has 1 rings (SSSR count). The molecule has 1 aromatic heterocycles. The minimum Gasteiger partial charge on any atom is -0.395 e. The van der Waals surface area contributed by atoms with Crippen LogP contribution < -0.4 is 0 Å². The number of aliphatic hydroxyl groups excluding tert-OH is 1. The standard InChI is InChI=1S/C15H21NO2S/c1-15(2,3)11-16(4)14(18)13-12(8-10-19-13)7-5-6-9-17/h8,10,17H,6,9,11H2,1-4H3. The van der Waals surface area contributed by atoms with Crippen LogP contribution in [0.4, 0.5) is 0 Å². The number of carbonyl (C=O) groups is 1. The normalized spacial score (nSPS) is 10.8. The van der Waals surface area contributed by atoms with Crippen LogP contribution >= 0.6 is 11.3 Å². The van der Waals surface area contributed by atoms with Crippen LogP contribution in [0.1, 0.15) is 42.4 Å². The summed E-state index contributed by atoms with van der Waals surface area (Å²) in [4.78, 5) is 14.8. The molecule has 0 atom stereocenters. The Hall–Kier alpha value is -1.31. The van der Waals surface area contributed by atoms with Crippen LogP contribution in [0.5, 0.6) is 0 Å². The van der Waals surface area contributed by atoms with Crippen molar-refractivity contribution in [2.45, 2.75) is 27.2 Å². The zero-order valence-electron chi connectivity index (χ0n) is 12.0. The fourth-order valence-corrected chi connectivity index (χ4v) is 2.59. The predicted octanol–water partition coefficient (Wildman–Crippen LogP) is 2.60. The van der Waals surface area contributed by atoms with E-state index < -0.39 is 0 Å². The molecular formula is C15H21NO2S. The molecular weight excluding hydrogens is 258 g/mol. The van der Waals surface area contributed by atoms with E-state index in [-0.39, 0.29) is 17.9 Å². The van der Waals surface area contributed by atoms with Gasteiger partial charge in [0, 0.05) is 25.6 Å². The molecule has 19 heavy (non-hydrogen) atoms. The van der Waals surface area contributed by atoms with Gasteiger partial charge in [-0.2, -0.15) is 0 Å². The summed E-state index contributed by atoms with van der Waals surface area (Å²) in [5.41, 5.74) is 0.828. The topological polar surface area (TPSA) is 40.5 Å². The van der Waals surface area contributed by atoms with Crippen LogP contribution in [0.3, 0.4) is 0 Å². The lowest BCUT2D eigenvalue weighted by molar-refractivity contribution is 0.0750. The van der Waals surface area contributed by atoms with E-state index in [1.165, 1.54) is 11.3 Å². The van der Waals surface area contributed by atoms with E-state index in [2.05, 4.69) is 32.6 Å². The first-order valence-corrected chi connectivity index (χ1v) is 7.16. The molecule has 0 bridgehead atoms. The van der Waals surface area contributed by atoms with Gasteiger partial charge in [0.2, 0.25) is 0 Å². The molecule has 0 spiro atoms. The van der Waals surface area contributed by atoms with Gasteiger partial charge in [0.25, 0.3) is 5.91 Å². The monoisotopic (exact) mass is 279 g/mol. The van der Waals surface area contributed by atoms with Crippen LogP contribution in [-0.4, -0.2) is 36.1 Å². The number of hydrogen-bond donors (Lipinski definition) is 1. The first-order valence-electron chi connectivity index (χ1n) is 6.28. The van der Waals surface area contributed by atoms with Crippen LogP contribution in [0.25, 0.3) is 0 Å². The highest BCUT2D eigenvalue weighted by Gasteiger charge is 2.21. The Morgan fingerprint density at radius 2 is 2.16 bits per heavy atom. The minimum atomic E-state index is 0.0122. The van der Waals surface area contributed by atoms with Gasteiger partial charge in [-0.25, -0.2) is 0 Å². The molecule has 0 radical (unpaired) electrons. The zero-order chi connectivity index (χ0) is 14.5. The van der Waals surface area contributed by atoms with E-state index in [1.54, 1.807) is 4.90 Å². The van der Waals surface area contributed by atoms with Gasteiger partial charge in [0.1, 0.15) is 4.88 Å². The maximum absolute atomic E-state index is 12.4. The molecule has 3 nitrogen and oxygen atoms in total. The molecule has 0 aliphatic carbocycles. The van der Waals surface area contributed by atoms with Gasteiger partial charge >= 0.3 is 0 Å². The predicted molar refractivity (Wildman–Crippen MR) is 79.3 cm³/mol. The SMILES string of the molecule is CN(CC(C)(C)C)C(=O)c1sccc1C#CCCO. The Labute approximate surface area is 119 Å². The number of rotatable bonds is 3. The molecule has 0 aliphatic heterocycles. The van der Waals surface area contributed by atoms with Crippen LogP contribution in [0.15, 0.2) is 11.4 Å². The number of nitrogens with zero attached hydrogens (tertiary/aromatic N) is 1. The molecule has 104 valence electrons. The van der Waals surface area contributed by atoms with Crippen molar-refractivity contribution >= 4 is 17.2 Å². The number of thiophene rings is 1. The van der Waals surface area contributed by atoms with Gasteiger partial charge in [-0.15, -0.1) is 11.3 Å². The van der Waals surface area contributed by atoms with E-state index >= 15 is 0 Å². The maximum atomic E-state index is 12.4. The summed E-state index contributed by atoms with van der Waals surface area (Å²) in [5, 5.41) is 10.6. The van der Waals surface area contributed by atoms with E-state index in [0.29, 0.717) is 17.8 Å². The second kappa shape index (κ2) is 6.74. The lowest BCUT2D eigenvalue weighted by atomic mass is 9.96. The van der Waals surface area contributed by atoms with Crippen LogP contribution in [-0.2, 0) is 0 Å². The van der Waals surface area contributed by atoms with Gasteiger partial charge in [-0.05, 0) is 16.9 Å². The molecule has 0 unspecified atom stereocenters. The summed E-state index contributed by atoms with van der Waals surface area (Å²) in [6.45, 7) is 7.06. The fourth-order valence-electron chi connectivity index (χ4n) is 1.74. The first-order chi connectivity index (χ1) is 8.85. The van der Waals surface area contributed by atoms with Gasteiger partial charge < -0.3 is 10.0 Å². The third-order valence-corrected chi connectivity index (χ3v) is 3.28. The highest BCUT2D eigenvalue weighted by Crippen LogP contribution is 2.21. The number of aliphatic hydroxyl groups is 1. The van der Waals surface area contributed by atoms with Crippen molar-refractivity contribution in [3.05, 3.63) is 21.9 Å². The summed E-state index contributed by atoms with van der Waals surface area (Å²) in [7, 11) is 1.82. The van der Waals surface area contributed by atoms with Gasteiger partial charge in [0.05, 0.1) is 6.61 Å². The molecule has 4 heteroatoms. The van der Waals surface area contributed by atoms with Crippen LogP contribution in [0, 0.1) is 17.3 Å². The Bertz CT molecular complexity index is 488. The van der Waals surface area contributed by atoms with Crippen molar-refractivity contribution in [3.63, 3.8) is 0 Å². The maximum Gasteiger partial charge on any atom is 0.264 e. The zero-order valence-corrected chi connectivity index (χ0v) is 12.8. The van der Waals surface area contributed by atoms with Crippen molar-refractivity contribution in [1.29, 1.82) is 0 Å². The molecule has 0 fully saturated rings. The smallest absolute Gasteiger partial charge is 0.264 e. The summed E-state index contributed by atoms with van der Waals surface area (Å²) in [6, 6.07) is 1.85. The molecule has 0 aliphatic rings. The second-order valence-corrected chi connectivity index (χ2v) is 6.58. The number of amides is 1. The summed E-state index contributed by atoms with van der Waals surface area (Å²) in [6.07, 6.45) is 0.432. The van der Waals surface area contributed by atoms with E-state index in [0.717, 1.165) is 5.56 Å². The quantitative estimate of drug-likeness (QED) is 0.864. The van der Waals surface area contributed by atoms with Crippen molar-refractivity contribution in [1.82, 2.24) is 4.90 Å². The summed E-state index contributed by atoms with van der Waals surface area (Å²) < 4.78 is 0. The van der Waals surface area contributed by atoms with Crippen molar-refractivity contribution in [3.8, 4) is 11.8 Å². The van der Waals surface area contributed by atoms with E-state index in [4.69, 9.17) is 5.11 Å². The third kappa shape index (κ3) is 5.06. The minimum absolute atomic E-state index is 0.0122. The summed E-state index contributed by atoms with van der Waals surface area (Å²) in [5.74, 6) is 5.81. The number of hydrogen-bond acceptors (Lipinski definition) is 3. The van der Waals surface area contributed by atoms with Crippen molar-refractivity contribution in [2.24, 2.45) is 5.41 Å². The second-order valence-electron chi connectivity index (χ2n) is 5.66. The van der Waals surface area contributed by atoms with Crippen LogP contribution in [0.2, 0.25) is 0 Å². The highest BCUT2D eigenvalue weighted by atomic mass is 32.1. The van der Waals surface area contributed by atoms with Crippen molar-refractivity contribution in [2.75, 3.05) is 20.2 Å². The van der Waals surface area contributed by atoms with E-state index in [1.807, 2.05) is 18.5 Å². The Morgan fingerprint density at radius 3 is 2.74 bits per heavy atom. The molecule has 1 aromatic rings. The lowest BCUT2D eigenvalue weighted by Gasteiger charge is -2.26. The average Bonchev–Trinajstić information content (AvgIpc) is 2.74. The third-order valence-electron chi connectivity index (χ3n) is 2.38. The Kier molecular flexibility index (Phi) is 5.59. The highest BCUT2D eigenvalue weighted by molar-refractivity contribution is 7.12. The first kappa shape index (κ1) is 15.7. The summed E-state index contributed by atoms with van der Waals surface area (Å²) >= 11 is 1.41.